The molecule has 0 fully saturated rings. The van der Waals surface area contributed by atoms with Crippen molar-refractivity contribution in [3.8, 4) is 0 Å². The van der Waals surface area contributed by atoms with Gasteiger partial charge in [0.2, 0.25) is 5.60 Å². The van der Waals surface area contributed by atoms with Gasteiger partial charge in [0.25, 0.3) is 0 Å². The molecule has 16 heteroatoms. The lowest BCUT2D eigenvalue weighted by atomic mass is 9.55. The minimum absolute atomic E-state index is 0.844. The van der Waals surface area contributed by atoms with E-state index in [1.165, 1.54) is 0 Å². The minimum Gasteiger partial charge on any atom is -0.441 e. The fourth-order valence-electron chi connectivity index (χ4n) is 3.85. The van der Waals surface area contributed by atoms with E-state index < -0.39 is 128 Å². The molecule has 0 amide bonds. The van der Waals surface area contributed by atoms with E-state index >= 15 is 0 Å². The molecule has 0 aromatic rings. The Balaban J connectivity index is 8.43. The standard InChI is InChI=1S/C25H44O16/c1-20(5-26,6-27)15(36)16(37)24(13-34,14-35)25(17(38)21(2,7-28)8-29,18(39)22(3,9-30)10-31)41-19(40)23(4,11-32)12-33/h16,26-35,37H,5-14H2,1-4H3. The van der Waals surface area contributed by atoms with E-state index in [9.17, 15) is 75.3 Å². The molecule has 0 bridgehead atoms. The van der Waals surface area contributed by atoms with Crippen molar-refractivity contribution in [2.24, 2.45) is 27.1 Å². The molecule has 41 heavy (non-hydrogen) atoms. The lowest BCUT2D eigenvalue weighted by molar-refractivity contribution is -0.229. The van der Waals surface area contributed by atoms with Crippen LogP contribution in [0.1, 0.15) is 27.7 Å². The van der Waals surface area contributed by atoms with Gasteiger partial charge in [-0.1, -0.05) is 0 Å². The Morgan fingerprint density at radius 3 is 1.05 bits per heavy atom. The van der Waals surface area contributed by atoms with Crippen molar-refractivity contribution in [2.75, 3.05) is 66.1 Å². The smallest absolute Gasteiger partial charge is 0.317 e. The number of ketones is 3. The van der Waals surface area contributed by atoms with Crippen LogP contribution in [0.2, 0.25) is 0 Å². The number of rotatable bonds is 20. The predicted molar refractivity (Wildman–Crippen MR) is 136 cm³/mol. The molecule has 0 radical (unpaired) electrons. The SMILES string of the molecule is CC(CO)(CO)C(=O)OC(C(=O)C(C)(CO)CO)(C(=O)C(C)(CO)CO)C(CO)(CO)C(O)C(=O)C(C)(CO)CO. The van der Waals surface area contributed by atoms with Crippen LogP contribution in [0, 0.1) is 27.1 Å². The van der Waals surface area contributed by atoms with Gasteiger partial charge in [-0.3, -0.25) is 19.2 Å². The Morgan fingerprint density at radius 2 is 0.805 bits per heavy atom. The largest absolute Gasteiger partial charge is 0.441 e. The highest BCUT2D eigenvalue weighted by atomic mass is 16.6. The molecule has 0 saturated heterocycles. The molecule has 0 rings (SSSR count). The Hall–Kier alpha value is -1.96. The first-order valence-electron chi connectivity index (χ1n) is 12.5. The molecule has 240 valence electrons. The molecular formula is C25H44O16. The van der Waals surface area contributed by atoms with Gasteiger partial charge in [0.05, 0.1) is 82.3 Å². The van der Waals surface area contributed by atoms with Crippen LogP contribution >= 0.6 is 0 Å². The fraction of sp³-hybridized carbons (Fsp3) is 0.840. The van der Waals surface area contributed by atoms with Crippen LogP contribution < -0.4 is 0 Å². The Kier molecular flexibility index (Phi) is 13.8. The highest BCUT2D eigenvalue weighted by Gasteiger charge is 2.73. The first kappa shape index (κ1) is 39.0. The summed E-state index contributed by atoms with van der Waals surface area (Å²) in [5.74, 6) is -7.02. The van der Waals surface area contributed by atoms with Gasteiger partial charge in [-0.15, -0.1) is 0 Å². The van der Waals surface area contributed by atoms with Crippen molar-refractivity contribution in [3.05, 3.63) is 0 Å². The number of carbonyl (C=O) groups excluding carboxylic acids is 4. The Bertz CT molecular complexity index is 881. The zero-order chi connectivity index (χ0) is 32.7. The monoisotopic (exact) mass is 600 g/mol. The molecule has 0 heterocycles. The molecule has 0 aliphatic heterocycles. The number of ether oxygens (including phenoxy) is 1. The van der Waals surface area contributed by atoms with Crippen molar-refractivity contribution >= 4 is 23.3 Å². The quantitative estimate of drug-likeness (QED) is 0.0458. The third-order valence-corrected chi connectivity index (χ3v) is 7.90. The van der Waals surface area contributed by atoms with Gasteiger partial charge >= 0.3 is 5.97 Å². The summed E-state index contributed by atoms with van der Waals surface area (Å²) in [7, 11) is 0. The number of hydrogen-bond donors (Lipinski definition) is 11. The number of aliphatic hydroxyl groups excluding tert-OH is 11. The van der Waals surface area contributed by atoms with Crippen LogP contribution in [0.4, 0.5) is 0 Å². The van der Waals surface area contributed by atoms with E-state index in [1.807, 2.05) is 0 Å². The first-order valence-corrected chi connectivity index (χ1v) is 12.5. The molecule has 11 N–H and O–H groups in total. The summed E-state index contributed by atoms with van der Waals surface area (Å²) in [5, 5.41) is 112. The second-order valence-electron chi connectivity index (χ2n) is 11.5. The Morgan fingerprint density at radius 1 is 0.512 bits per heavy atom. The predicted octanol–water partition coefficient (Wildman–Crippen LogP) is -5.73. The number of Topliss-reactive ketones (excluding diaryl/α,β-unsaturated/α-hetero) is 3. The van der Waals surface area contributed by atoms with Gasteiger partial charge in [0, 0.05) is 0 Å². The number of esters is 1. The number of carbonyl (C=O) groups is 4. The molecule has 0 saturated carbocycles. The molecule has 0 aromatic carbocycles. The van der Waals surface area contributed by atoms with E-state index in [0.29, 0.717) is 0 Å². The summed E-state index contributed by atoms with van der Waals surface area (Å²) in [6.07, 6.45) is -2.96. The number of aliphatic hydroxyl groups is 11. The molecule has 0 aliphatic rings. The maximum absolute atomic E-state index is 14.3. The average Bonchev–Trinajstić information content (AvgIpc) is 3.01. The maximum atomic E-state index is 14.3. The van der Waals surface area contributed by atoms with Crippen LogP contribution in [0.15, 0.2) is 0 Å². The second kappa shape index (κ2) is 14.5. The third-order valence-electron chi connectivity index (χ3n) is 7.90. The van der Waals surface area contributed by atoms with Crippen LogP contribution in [0.5, 0.6) is 0 Å². The van der Waals surface area contributed by atoms with Gasteiger partial charge in [-0.25, -0.2) is 0 Å². The fourth-order valence-corrected chi connectivity index (χ4v) is 3.85. The van der Waals surface area contributed by atoms with E-state index in [4.69, 9.17) is 4.74 Å². The van der Waals surface area contributed by atoms with E-state index in [2.05, 4.69) is 0 Å². The van der Waals surface area contributed by atoms with Crippen molar-refractivity contribution in [1.29, 1.82) is 0 Å². The molecule has 0 aliphatic carbocycles. The van der Waals surface area contributed by atoms with Gasteiger partial charge in [0.1, 0.15) is 16.9 Å². The van der Waals surface area contributed by atoms with Crippen LogP contribution in [-0.4, -0.2) is 157 Å². The van der Waals surface area contributed by atoms with Crippen LogP contribution in [0.25, 0.3) is 0 Å². The van der Waals surface area contributed by atoms with Crippen molar-refractivity contribution in [2.45, 2.75) is 39.4 Å². The van der Waals surface area contributed by atoms with Crippen LogP contribution in [0.3, 0.4) is 0 Å². The van der Waals surface area contributed by atoms with Crippen molar-refractivity contribution in [1.82, 2.24) is 0 Å². The lowest BCUT2D eigenvalue weighted by Gasteiger charge is -2.53. The van der Waals surface area contributed by atoms with Crippen molar-refractivity contribution < 1.29 is 80.1 Å². The summed E-state index contributed by atoms with van der Waals surface area (Å²) in [6, 6.07) is 0. The first-order chi connectivity index (χ1) is 18.9. The Labute approximate surface area is 236 Å². The summed E-state index contributed by atoms with van der Waals surface area (Å²) >= 11 is 0. The van der Waals surface area contributed by atoms with Gasteiger partial charge in [-0.2, -0.15) is 0 Å². The zero-order valence-corrected chi connectivity index (χ0v) is 23.6. The highest BCUT2D eigenvalue weighted by molar-refractivity contribution is 6.17. The molecule has 0 aromatic heterocycles. The molecule has 1 atom stereocenters. The highest BCUT2D eigenvalue weighted by Crippen LogP contribution is 2.49. The summed E-state index contributed by atoms with van der Waals surface area (Å²) in [6.45, 7) is -9.88. The average molecular weight is 601 g/mol. The lowest BCUT2D eigenvalue weighted by Crippen LogP contribution is -2.76. The van der Waals surface area contributed by atoms with E-state index in [1.54, 1.807) is 0 Å². The number of hydrogen-bond acceptors (Lipinski definition) is 16. The van der Waals surface area contributed by atoms with E-state index in [0.717, 1.165) is 27.7 Å². The zero-order valence-electron chi connectivity index (χ0n) is 23.6. The van der Waals surface area contributed by atoms with Gasteiger partial charge in [0.15, 0.2) is 17.3 Å². The second-order valence-corrected chi connectivity index (χ2v) is 11.5. The van der Waals surface area contributed by atoms with Gasteiger partial charge < -0.3 is 60.9 Å². The van der Waals surface area contributed by atoms with E-state index in [-0.39, 0.29) is 0 Å². The topological polar surface area (TPSA) is 300 Å². The maximum Gasteiger partial charge on any atom is 0.317 e. The van der Waals surface area contributed by atoms with Crippen LogP contribution in [-0.2, 0) is 23.9 Å². The third kappa shape index (κ3) is 6.37. The van der Waals surface area contributed by atoms with Gasteiger partial charge in [-0.05, 0) is 27.7 Å². The summed E-state index contributed by atoms with van der Waals surface area (Å²) in [5.41, 5.74) is -16.9. The summed E-state index contributed by atoms with van der Waals surface area (Å²) in [4.78, 5) is 55.5. The normalized spacial score (nSPS) is 14.5. The molecule has 16 nitrogen and oxygen atoms in total. The molecule has 1 unspecified atom stereocenters. The molecule has 0 spiro atoms. The molecular weight excluding hydrogens is 556 g/mol. The van der Waals surface area contributed by atoms with Crippen molar-refractivity contribution in [3.63, 3.8) is 0 Å². The minimum atomic E-state index is -3.87. The summed E-state index contributed by atoms with van der Waals surface area (Å²) < 4.78 is 5.35.